The fourth-order valence-corrected chi connectivity index (χ4v) is 2.98. The molecule has 0 radical (unpaired) electrons. The summed E-state index contributed by atoms with van der Waals surface area (Å²) in [5.74, 6) is 0. The Morgan fingerprint density at radius 2 is 1.94 bits per heavy atom. The summed E-state index contributed by atoms with van der Waals surface area (Å²) < 4.78 is 0. The Morgan fingerprint density at radius 1 is 1.25 bits per heavy atom. The van der Waals surface area contributed by atoms with E-state index in [1.807, 2.05) is 0 Å². The second-order valence-electron chi connectivity index (χ2n) is 5.88. The fourth-order valence-electron chi connectivity index (χ4n) is 2.98. The maximum atomic E-state index is 4.81. The number of rotatable bonds is 4. The smallest absolute Gasteiger partial charge is 0.659 e. The summed E-state index contributed by atoms with van der Waals surface area (Å²) in [6.45, 7) is 7.04. The molecule has 1 aliphatic heterocycles. The van der Waals surface area contributed by atoms with Crippen molar-refractivity contribution in [2.24, 2.45) is 5.41 Å². The van der Waals surface area contributed by atoms with Crippen LogP contribution in [-0.2, 0) is 0 Å². The average molecular weight is 248 g/mol. The van der Waals surface area contributed by atoms with Gasteiger partial charge in [0.25, 0.3) is 0 Å². The van der Waals surface area contributed by atoms with Crippen molar-refractivity contribution in [3.63, 3.8) is 0 Å². The van der Waals surface area contributed by atoms with Gasteiger partial charge in [0.2, 0.25) is 0 Å². The molecule has 1 aliphatic carbocycles. The largest absolute Gasteiger partial charge is 1.00 e. The molecule has 3 heteroatoms. The van der Waals surface area contributed by atoms with Gasteiger partial charge in [0, 0.05) is 6.04 Å². The van der Waals surface area contributed by atoms with E-state index in [2.05, 4.69) is 19.2 Å². The average Bonchev–Trinajstić information content (AvgIpc) is 2.77. The molecule has 1 atom stereocenters. The standard InChI is InChI=1S/C13H25N2.K/c1-13(2)8-10-15-12(13)7-9-14-11-5-3-4-6-11;/h11-12,15H,3-10H2,1-2H3;/q-1;+1. The van der Waals surface area contributed by atoms with Crippen LogP contribution in [0.15, 0.2) is 0 Å². The normalized spacial score (nSPS) is 29.2. The zero-order valence-electron chi connectivity index (χ0n) is 11.3. The van der Waals surface area contributed by atoms with E-state index >= 15 is 0 Å². The third-order valence-corrected chi connectivity index (χ3v) is 4.23. The molecule has 2 aliphatic rings. The molecule has 0 bridgehead atoms. The van der Waals surface area contributed by atoms with Crippen LogP contribution in [0.25, 0.3) is 5.32 Å². The minimum absolute atomic E-state index is 0. The Labute approximate surface area is 143 Å². The van der Waals surface area contributed by atoms with Crippen molar-refractivity contribution in [2.75, 3.05) is 13.1 Å². The maximum absolute atomic E-state index is 4.81. The first kappa shape index (κ1) is 15.6. The first-order chi connectivity index (χ1) is 7.18. The molecule has 1 N–H and O–H groups in total. The van der Waals surface area contributed by atoms with E-state index in [1.54, 1.807) is 0 Å². The van der Waals surface area contributed by atoms with E-state index < -0.39 is 0 Å². The van der Waals surface area contributed by atoms with Crippen molar-refractivity contribution in [1.29, 1.82) is 0 Å². The van der Waals surface area contributed by atoms with Crippen molar-refractivity contribution in [2.45, 2.75) is 64.5 Å². The van der Waals surface area contributed by atoms with Gasteiger partial charge in [-0.3, -0.25) is 0 Å². The van der Waals surface area contributed by atoms with Crippen LogP contribution in [0.3, 0.4) is 0 Å². The first-order valence-electron chi connectivity index (χ1n) is 6.58. The SMILES string of the molecule is CC1(C)CCNC1CC[N-]C1CCCC1.[K+]. The van der Waals surface area contributed by atoms with Gasteiger partial charge >= 0.3 is 51.4 Å². The van der Waals surface area contributed by atoms with Crippen LogP contribution < -0.4 is 56.7 Å². The topological polar surface area (TPSA) is 26.1 Å². The number of hydrogen-bond donors (Lipinski definition) is 1. The van der Waals surface area contributed by atoms with Crippen LogP contribution in [0, 0.1) is 5.41 Å². The Bertz CT molecular complexity index is 200. The molecule has 16 heavy (non-hydrogen) atoms. The van der Waals surface area contributed by atoms with Crippen molar-refractivity contribution in [3.05, 3.63) is 5.32 Å². The Hall–Kier alpha value is 1.56. The van der Waals surface area contributed by atoms with Gasteiger partial charge in [-0.25, -0.2) is 0 Å². The maximum Gasteiger partial charge on any atom is 1.00 e. The van der Waals surface area contributed by atoms with Crippen molar-refractivity contribution >= 4 is 0 Å². The third kappa shape index (κ3) is 4.34. The Kier molecular flexibility index (Phi) is 7.05. The predicted molar refractivity (Wildman–Crippen MR) is 65.3 cm³/mol. The van der Waals surface area contributed by atoms with Crippen molar-refractivity contribution < 1.29 is 51.4 Å². The predicted octanol–water partition coefficient (Wildman–Crippen LogP) is 0.0849. The molecule has 0 aromatic carbocycles. The minimum Gasteiger partial charge on any atom is -0.659 e. The van der Waals surface area contributed by atoms with Gasteiger partial charge in [-0.1, -0.05) is 46.0 Å². The van der Waals surface area contributed by atoms with E-state index in [1.165, 1.54) is 45.1 Å². The molecule has 1 heterocycles. The second kappa shape index (κ2) is 7.22. The molecule has 2 nitrogen and oxygen atoms in total. The van der Waals surface area contributed by atoms with Crippen LogP contribution in [-0.4, -0.2) is 25.2 Å². The van der Waals surface area contributed by atoms with E-state index in [4.69, 9.17) is 5.32 Å². The van der Waals surface area contributed by atoms with Crippen LogP contribution in [0.2, 0.25) is 0 Å². The zero-order chi connectivity index (χ0) is 10.7. The second-order valence-corrected chi connectivity index (χ2v) is 5.88. The van der Waals surface area contributed by atoms with Gasteiger partial charge < -0.3 is 10.6 Å². The molecule has 88 valence electrons. The molecular formula is C13H25KN2. The molecule has 1 saturated carbocycles. The van der Waals surface area contributed by atoms with Gasteiger partial charge in [-0.05, 0) is 18.4 Å². The van der Waals surface area contributed by atoms with Crippen LogP contribution >= 0.6 is 0 Å². The summed E-state index contributed by atoms with van der Waals surface area (Å²) in [5, 5.41) is 8.42. The monoisotopic (exact) mass is 248 g/mol. The Balaban J connectivity index is 0.00000128. The molecule has 2 rings (SSSR count). The Morgan fingerprint density at radius 3 is 2.50 bits per heavy atom. The van der Waals surface area contributed by atoms with E-state index in [-0.39, 0.29) is 51.4 Å². The molecule has 2 fully saturated rings. The zero-order valence-corrected chi connectivity index (χ0v) is 14.4. The molecule has 0 amide bonds. The van der Waals surface area contributed by atoms with Crippen molar-refractivity contribution in [3.8, 4) is 0 Å². The molecule has 0 aromatic rings. The third-order valence-electron chi connectivity index (χ3n) is 4.23. The molecule has 0 aromatic heterocycles. The van der Waals surface area contributed by atoms with Gasteiger partial charge in [0.15, 0.2) is 0 Å². The number of nitrogens with one attached hydrogen (secondary N) is 1. The van der Waals surface area contributed by atoms with E-state index in [0.29, 0.717) is 17.5 Å². The van der Waals surface area contributed by atoms with Crippen LogP contribution in [0.5, 0.6) is 0 Å². The minimum atomic E-state index is 0. The summed E-state index contributed by atoms with van der Waals surface area (Å²) in [5.41, 5.74) is 0.491. The van der Waals surface area contributed by atoms with E-state index in [9.17, 15) is 0 Å². The molecule has 1 unspecified atom stereocenters. The summed E-state index contributed by atoms with van der Waals surface area (Å²) in [6, 6.07) is 1.40. The summed E-state index contributed by atoms with van der Waals surface area (Å²) in [4.78, 5) is 0. The van der Waals surface area contributed by atoms with E-state index in [0.717, 1.165) is 6.54 Å². The summed E-state index contributed by atoms with van der Waals surface area (Å²) in [6.07, 6.45) is 8.07. The molecule has 1 saturated heterocycles. The number of nitrogens with zero attached hydrogens (tertiary/aromatic N) is 1. The number of hydrogen-bond acceptors (Lipinski definition) is 1. The summed E-state index contributed by atoms with van der Waals surface area (Å²) in [7, 11) is 0. The quantitative estimate of drug-likeness (QED) is 0.701. The van der Waals surface area contributed by atoms with Gasteiger partial charge in [-0.15, -0.1) is 12.6 Å². The fraction of sp³-hybridized carbons (Fsp3) is 1.00. The van der Waals surface area contributed by atoms with Gasteiger partial charge in [-0.2, -0.15) is 0 Å². The van der Waals surface area contributed by atoms with Crippen LogP contribution in [0.1, 0.15) is 52.4 Å². The molecular weight excluding hydrogens is 223 g/mol. The summed E-state index contributed by atoms with van der Waals surface area (Å²) >= 11 is 0. The van der Waals surface area contributed by atoms with Crippen LogP contribution in [0.4, 0.5) is 0 Å². The van der Waals surface area contributed by atoms with Crippen molar-refractivity contribution in [1.82, 2.24) is 5.32 Å². The first-order valence-corrected chi connectivity index (χ1v) is 6.58. The van der Waals surface area contributed by atoms with Gasteiger partial charge in [0.05, 0.1) is 0 Å². The molecule has 0 spiro atoms. The van der Waals surface area contributed by atoms with Gasteiger partial charge in [0.1, 0.15) is 0 Å².